The summed E-state index contributed by atoms with van der Waals surface area (Å²) in [6.07, 6.45) is 4.44. The van der Waals surface area contributed by atoms with Gasteiger partial charge >= 0.3 is 0 Å². The highest BCUT2D eigenvalue weighted by Crippen LogP contribution is 2.28. The van der Waals surface area contributed by atoms with Gasteiger partial charge in [-0.2, -0.15) is 5.26 Å². The largest absolute Gasteiger partial charge is 0.377 e. The molecule has 0 aromatic heterocycles. The molecule has 25 heavy (non-hydrogen) atoms. The summed E-state index contributed by atoms with van der Waals surface area (Å²) in [4.78, 5) is 15.8. The zero-order chi connectivity index (χ0) is 17.8. The van der Waals surface area contributed by atoms with E-state index in [1.165, 1.54) is 32.0 Å². The number of piperidine rings is 2. The average molecular weight is 343 g/mol. The molecule has 3 rings (SSSR count). The van der Waals surface area contributed by atoms with Crippen LogP contribution in [-0.4, -0.2) is 60.0 Å². The third-order valence-electron chi connectivity index (χ3n) is 5.42. The van der Waals surface area contributed by atoms with E-state index in [4.69, 9.17) is 5.26 Å². The monoisotopic (exact) mass is 343 g/mol. The van der Waals surface area contributed by atoms with Gasteiger partial charge in [0, 0.05) is 31.2 Å². The van der Waals surface area contributed by atoms with Gasteiger partial charge in [0.1, 0.15) is 5.69 Å². The third-order valence-corrected chi connectivity index (χ3v) is 5.42. The Kier molecular flexibility index (Phi) is 5.51. The summed E-state index contributed by atoms with van der Waals surface area (Å²) >= 11 is 0. The van der Waals surface area contributed by atoms with Gasteiger partial charge in [-0.15, -0.1) is 0 Å². The molecule has 0 radical (unpaired) electrons. The standard InChI is InChI=1S/C18H25N5O2/c1-21-8-6-16(7-9-21)22-10-4-15(5-11-22)20-17-3-2-14(13-19)12-18(17)23(24)25/h2-3,12,15-16,20H,4-11H2,1H3. The maximum atomic E-state index is 11.3. The Balaban J connectivity index is 1.57. The lowest BCUT2D eigenvalue weighted by molar-refractivity contribution is -0.384. The number of nitriles is 1. The van der Waals surface area contributed by atoms with Crippen LogP contribution in [-0.2, 0) is 0 Å². The van der Waals surface area contributed by atoms with Crippen LogP contribution in [0.5, 0.6) is 0 Å². The molecule has 134 valence electrons. The Morgan fingerprint density at radius 2 is 1.88 bits per heavy atom. The first kappa shape index (κ1) is 17.6. The zero-order valence-corrected chi connectivity index (χ0v) is 14.6. The van der Waals surface area contributed by atoms with Crippen LogP contribution >= 0.6 is 0 Å². The van der Waals surface area contributed by atoms with E-state index in [1.807, 2.05) is 6.07 Å². The van der Waals surface area contributed by atoms with E-state index in [-0.39, 0.29) is 11.7 Å². The lowest BCUT2D eigenvalue weighted by Gasteiger charge is -2.41. The lowest BCUT2D eigenvalue weighted by Crippen LogP contribution is -2.48. The molecule has 1 N–H and O–H groups in total. The molecule has 1 aromatic carbocycles. The van der Waals surface area contributed by atoms with Crippen molar-refractivity contribution in [3.8, 4) is 6.07 Å². The van der Waals surface area contributed by atoms with Gasteiger partial charge in [-0.3, -0.25) is 10.1 Å². The number of rotatable bonds is 4. The molecule has 1 aromatic rings. The van der Waals surface area contributed by atoms with Gasteiger partial charge in [0.25, 0.3) is 5.69 Å². The van der Waals surface area contributed by atoms with Crippen LogP contribution in [0.1, 0.15) is 31.2 Å². The number of nitro benzene ring substituents is 1. The normalized spacial score (nSPS) is 21.0. The van der Waals surface area contributed by atoms with Crippen molar-refractivity contribution >= 4 is 11.4 Å². The smallest absolute Gasteiger partial charge is 0.293 e. The van der Waals surface area contributed by atoms with E-state index in [2.05, 4.69) is 22.2 Å². The van der Waals surface area contributed by atoms with Crippen molar-refractivity contribution in [1.82, 2.24) is 9.80 Å². The Labute approximate surface area is 148 Å². The summed E-state index contributed by atoms with van der Waals surface area (Å²) < 4.78 is 0. The fraction of sp³-hybridized carbons (Fsp3) is 0.611. The molecule has 0 bridgehead atoms. The van der Waals surface area contributed by atoms with Crippen LogP contribution in [0.4, 0.5) is 11.4 Å². The van der Waals surface area contributed by atoms with Crippen LogP contribution in [0.15, 0.2) is 18.2 Å². The number of nitrogens with one attached hydrogen (secondary N) is 1. The minimum Gasteiger partial charge on any atom is -0.377 e. The minimum absolute atomic E-state index is 0.0169. The highest BCUT2D eigenvalue weighted by atomic mass is 16.6. The number of anilines is 1. The molecule has 7 nitrogen and oxygen atoms in total. The Morgan fingerprint density at radius 1 is 1.20 bits per heavy atom. The van der Waals surface area contributed by atoms with Gasteiger partial charge in [-0.25, -0.2) is 0 Å². The molecule has 2 saturated heterocycles. The number of nitrogens with zero attached hydrogens (tertiary/aromatic N) is 4. The van der Waals surface area contributed by atoms with Gasteiger partial charge in [0.15, 0.2) is 0 Å². The maximum absolute atomic E-state index is 11.3. The summed E-state index contributed by atoms with van der Waals surface area (Å²) in [5.74, 6) is 0. The Bertz CT molecular complexity index is 656. The van der Waals surface area contributed by atoms with Crippen LogP contribution < -0.4 is 5.32 Å². The predicted octanol–water partition coefficient (Wildman–Crippen LogP) is 2.44. The third kappa shape index (κ3) is 4.27. The van der Waals surface area contributed by atoms with Gasteiger partial charge in [-0.05, 0) is 58.0 Å². The van der Waals surface area contributed by atoms with E-state index >= 15 is 0 Å². The fourth-order valence-electron chi connectivity index (χ4n) is 3.86. The summed E-state index contributed by atoms with van der Waals surface area (Å²) in [5.41, 5.74) is 0.813. The molecular weight excluding hydrogens is 318 g/mol. The van der Waals surface area contributed by atoms with Crippen molar-refractivity contribution in [3.63, 3.8) is 0 Å². The first-order chi connectivity index (χ1) is 12.1. The summed E-state index contributed by atoms with van der Waals surface area (Å²) in [5, 5.41) is 23.5. The van der Waals surface area contributed by atoms with Crippen molar-refractivity contribution in [2.24, 2.45) is 0 Å². The minimum atomic E-state index is -0.420. The molecule has 7 heteroatoms. The summed E-state index contributed by atoms with van der Waals surface area (Å²) in [7, 11) is 2.18. The molecule has 2 aliphatic heterocycles. The van der Waals surface area contributed by atoms with Crippen molar-refractivity contribution in [1.29, 1.82) is 5.26 Å². The van der Waals surface area contributed by atoms with Crippen LogP contribution in [0.3, 0.4) is 0 Å². The van der Waals surface area contributed by atoms with E-state index in [0.29, 0.717) is 17.3 Å². The van der Waals surface area contributed by atoms with Crippen molar-refractivity contribution in [2.75, 3.05) is 38.5 Å². The number of hydrogen-bond acceptors (Lipinski definition) is 6. The molecule has 0 saturated carbocycles. The van der Waals surface area contributed by atoms with Crippen molar-refractivity contribution < 1.29 is 4.92 Å². The van der Waals surface area contributed by atoms with Crippen molar-refractivity contribution in [2.45, 2.75) is 37.8 Å². The van der Waals surface area contributed by atoms with Crippen molar-refractivity contribution in [3.05, 3.63) is 33.9 Å². The maximum Gasteiger partial charge on any atom is 0.293 e. The molecule has 0 atom stereocenters. The first-order valence-electron chi connectivity index (χ1n) is 8.94. The van der Waals surface area contributed by atoms with Gasteiger partial charge in [0.2, 0.25) is 0 Å². The molecule has 0 spiro atoms. The van der Waals surface area contributed by atoms with E-state index in [1.54, 1.807) is 12.1 Å². The predicted molar refractivity (Wildman–Crippen MR) is 96.5 cm³/mol. The van der Waals surface area contributed by atoms with E-state index in [9.17, 15) is 10.1 Å². The lowest BCUT2D eigenvalue weighted by atomic mass is 9.98. The highest BCUT2D eigenvalue weighted by molar-refractivity contribution is 5.64. The SMILES string of the molecule is CN1CCC(N2CCC(Nc3ccc(C#N)cc3[N+](=O)[O-])CC2)CC1. The van der Waals surface area contributed by atoms with Gasteiger partial charge < -0.3 is 15.1 Å². The molecule has 0 unspecified atom stereocenters. The summed E-state index contributed by atoms with van der Waals surface area (Å²) in [6.45, 7) is 4.41. The van der Waals surface area contributed by atoms with E-state index in [0.717, 1.165) is 25.9 Å². The van der Waals surface area contributed by atoms with Gasteiger partial charge in [-0.1, -0.05) is 0 Å². The summed E-state index contributed by atoms with van der Waals surface area (Å²) in [6, 6.07) is 7.51. The second-order valence-electron chi connectivity index (χ2n) is 7.09. The fourth-order valence-corrected chi connectivity index (χ4v) is 3.86. The van der Waals surface area contributed by atoms with Crippen LogP contribution in [0.2, 0.25) is 0 Å². The average Bonchev–Trinajstić information content (AvgIpc) is 2.63. The highest BCUT2D eigenvalue weighted by Gasteiger charge is 2.28. The number of hydrogen-bond donors (Lipinski definition) is 1. The molecule has 2 aliphatic rings. The van der Waals surface area contributed by atoms with E-state index < -0.39 is 4.92 Å². The van der Waals surface area contributed by atoms with Gasteiger partial charge in [0.05, 0.1) is 16.6 Å². The molecule has 2 heterocycles. The zero-order valence-electron chi connectivity index (χ0n) is 14.6. The topological polar surface area (TPSA) is 85.4 Å². The number of benzene rings is 1. The molecule has 2 fully saturated rings. The second-order valence-corrected chi connectivity index (χ2v) is 7.09. The molecule has 0 aliphatic carbocycles. The number of nitro groups is 1. The Morgan fingerprint density at radius 3 is 2.48 bits per heavy atom. The Hall–Kier alpha value is -2.17. The number of likely N-dealkylation sites (tertiary alicyclic amines) is 2. The molecule has 0 amide bonds. The first-order valence-corrected chi connectivity index (χ1v) is 8.94. The van der Waals surface area contributed by atoms with Crippen LogP contribution in [0, 0.1) is 21.4 Å². The quantitative estimate of drug-likeness (QED) is 0.667. The second kappa shape index (κ2) is 7.81. The molecular formula is C18H25N5O2. The van der Waals surface area contributed by atoms with Crippen LogP contribution in [0.25, 0.3) is 0 Å².